The van der Waals surface area contributed by atoms with Crippen LogP contribution in [0.4, 0.5) is 5.82 Å². The lowest BCUT2D eigenvalue weighted by atomic mass is 10.2. The average molecular weight is 436 g/mol. The normalized spacial score (nSPS) is 12.1. The Morgan fingerprint density at radius 2 is 2.23 bits per heavy atom. The summed E-state index contributed by atoms with van der Waals surface area (Å²) in [5.74, 6) is 0.0904. The molecule has 0 aliphatic heterocycles. The highest BCUT2D eigenvalue weighted by Crippen LogP contribution is 2.19. The van der Waals surface area contributed by atoms with Crippen molar-refractivity contribution >= 4 is 37.7 Å². The third kappa shape index (κ3) is 4.49. The average Bonchev–Trinajstić information content (AvgIpc) is 2.86. The molecule has 0 saturated carbocycles. The molecular formula is C12H12Br2N4O4. The van der Waals surface area contributed by atoms with Gasteiger partial charge in [-0.25, -0.2) is 4.98 Å². The summed E-state index contributed by atoms with van der Waals surface area (Å²) < 4.78 is 8.15. The fraction of sp³-hybridized carbons (Fsp3) is 0.333. The summed E-state index contributed by atoms with van der Waals surface area (Å²) in [4.78, 5) is 17.9. The molecular weight excluding hydrogens is 424 g/mol. The van der Waals surface area contributed by atoms with E-state index in [4.69, 9.17) is 4.74 Å². The number of aliphatic hydroxyl groups is 1. The van der Waals surface area contributed by atoms with E-state index in [0.717, 1.165) is 0 Å². The predicted molar refractivity (Wildman–Crippen MR) is 84.6 cm³/mol. The Balaban J connectivity index is 1.97. The Morgan fingerprint density at radius 1 is 1.45 bits per heavy atom. The fourth-order valence-corrected chi connectivity index (χ4v) is 2.36. The zero-order chi connectivity index (χ0) is 16.1. The first-order valence-electron chi connectivity index (χ1n) is 6.22. The van der Waals surface area contributed by atoms with Crippen molar-refractivity contribution in [2.45, 2.75) is 6.54 Å². The lowest BCUT2D eigenvalue weighted by molar-refractivity contribution is -0.389. The first kappa shape index (κ1) is 16.8. The molecule has 1 unspecified atom stereocenters. The lowest BCUT2D eigenvalue weighted by Crippen LogP contribution is -2.21. The van der Waals surface area contributed by atoms with E-state index in [1.165, 1.54) is 6.20 Å². The minimum Gasteiger partial charge on any atom is -0.492 e. The highest BCUT2D eigenvalue weighted by molar-refractivity contribution is 9.10. The molecule has 118 valence electrons. The molecule has 0 aliphatic carbocycles. The summed E-state index contributed by atoms with van der Waals surface area (Å²) in [5.41, 5.74) is 0. The Bertz CT molecular complexity index is 647. The molecule has 22 heavy (non-hydrogen) atoms. The standard InChI is InChI=1S/C12H12Br2N4O4/c13-10-2-1-9(3-15-10)22-7-8(6-19)4-17-5-11(18(20)21)16-12(17)14/h1-3,5,8,19H,4,6-7H2. The van der Waals surface area contributed by atoms with Gasteiger partial charge in [0.1, 0.15) is 16.5 Å². The van der Waals surface area contributed by atoms with Crippen LogP contribution in [0.15, 0.2) is 33.9 Å². The Hall–Kier alpha value is -1.52. The first-order chi connectivity index (χ1) is 10.5. The molecule has 2 rings (SSSR count). The van der Waals surface area contributed by atoms with Crippen LogP contribution in [0.1, 0.15) is 0 Å². The first-order valence-corrected chi connectivity index (χ1v) is 7.80. The molecule has 0 fully saturated rings. The number of pyridine rings is 1. The van der Waals surface area contributed by atoms with Gasteiger partial charge in [0.2, 0.25) is 0 Å². The molecule has 0 aliphatic rings. The molecule has 0 bridgehead atoms. The lowest BCUT2D eigenvalue weighted by Gasteiger charge is -2.15. The van der Waals surface area contributed by atoms with Gasteiger partial charge in [0, 0.05) is 28.4 Å². The summed E-state index contributed by atoms with van der Waals surface area (Å²) in [5, 5.41) is 20.1. The molecule has 1 atom stereocenters. The van der Waals surface area contributed by atoms with Gasteiger partial charge in [-0.3, -0.25) is 4.57 Å². The molecule has 2 aromatic rings. The van der Waals surface area contributed by atoms with E-state index in [1.54, 1.807) is 22.9 Å². The van der Waals surface area contributed by atoms with Crippen LogP contribution >= 0.6 is 31.9 Å². The zero-order valence-corrected chi connectivity index (χ0v) is 14.4. The highest BCUT2D eigenvalue weighted by atomic mass is 79.9. The molecule has 0 amide bonds. The van der Waals surface area contributed by atoms with Gasteiger partial charge in [-0.1, -0.05) is 0 Å². The van der Waals surface area contributed by atoms with Gasteiger partial charge >= 0.3 is 5.82 Å². The van der Waals surface area contributed by atoms with E-state index >= 15 is 0 Å². The van der Waals surface area contributed by atoms with Gasteiger partial charge in [-0.2, -0.15) is 0 Å². The van der Waals surface area contributed by atoms with E-state index in [2.05, 4.69) is 41.8 Å². The molecule has 0 spiro atoms. The van der Waals surface area contributed by atoms with Gasteiger partial charge in [0.15, 0.2) is 0 Å². The maximum Gasteiger partial charge on any atom is 0.382 e. The molecule has 10 heteroatoms. The van der Waals surface area contributed by atoms with Crippen molar-refractivity contribution < 1.29 is 14.8 Å². The van der Waals surface area contributed by atoms with Crippen LogP contribution in [0.2, 0.25) is 0 Å². The van der Waals surface area contributed by atoms with Crippen molar-refractivity contribution in [3.8, 4) is 5.75 Å². The zero-order valence-electron chi connectivity index (χ0n) is 11.2. The molecule has 8 nitrogen and oxygen atoms in total. The maximum absolute atomic E-state index is 10.7. The van der Waals surface area contributed by atoms with E-state index in [9.17, 15) is 15.2 Å². The maximum atomic E-state index is 10.7. The third-order valence-corrected chi connectivity index (χ3v) is 3.90. The van der Waals surface area contributed by atoms with Crippen LogP contribution in [-0.4, -0.2) is 37.8 Å². The molecule has 0 radical (unpaired) electrons. The number of nitrogens with zero attached hydrogens (tertiary/aromatic N) is 4. The second-order valence-electron chi connectivity index (χ2n) is 4.45. The minimum atomic E-state index is -0.570. The van der Waals surface area contributed by atoms with Crippen molar-refractivity contribution in [3.05, 3.63) is 44.0 Å². The smallest absolute Gasteiger partial charge is 0.382 e. The summed E-state index contributed by atoms with van der Waals surface area (Å²) in [6.07, 6.45) is 2.88. The molecule has 1 N–H and O–H groups in total. The minimum absolute atomic E-state index is 0.123. The number of halogens is 2. The number of nitro groups is 1. The Kier molecular flexibility index (Phi) is 5.86. The fourth-order valence-electron chi connectivity index (χ4n) is 1.70. The molecule has 0 aromatic carbocycles. The van der Waals surface area contributed by atoms with Crippen LogP contribution in [0, 0.1) is 16.0 Å². The Morgan fingerprint density at radius 3 is 2.77 bits per heavy atom. The van der Waals surface area contributed by atoms with Crippen LogP contribution in [0.3, 0.4) is 0 Å². The van der Waals surface area contributed by atoms with Crippen molar-refractivity contribution in [1.82, 2.24) is 14.5 Å². The number of imidazole rings is 1. The number of hydrogen-bond acceptors (Lipinski definition) is 6. The Labute approximate surface area is 142 Å². The number of aromatic nitrogens is 3. The summed E-state index contributed by atoms with van der Waals surface area (Å²) in [7, 11) is 0. The molecule has 2 aromatic heterocycles. The van der Waals surface area contributed by atoms with E-state index in [-0.39, 0.29) is 24.9 Å². The summed E-state index contributed by atoms with van der Waals surface area (Å²) in [6, 6.07) is 3.50. The highest BCUT2D eigenvalue weighted by Gasteiger charge is 2.19. The summed E-state index contributed by atoms with van der Waals surface area (Å²) in [6.45, 7) is 0.461. The molecule has 0 saturated heterocycles. The van der Waals surface area contributed by atoms with Crippen LogP contribution in [0.5, 0.6) is 5.75 Å². The van der Waals surface area contributed by atoms with Crippen LogP contribution in [-0.2, 0) is 6.54 Å². The number of rotatable bonds is 7. The molecule has 2 heterocycles. The van der Waals surface area contributed by atoms with Crippen molar-refractivity contribution in [3.63, 3.8) is 0 Å². The van der Waals surface area contributed by atoms with Gasteiger partial charge in [0.05, 0.1) is 19.4 Å². The van der Waals surface area contributed by atoms with Crippen molar-refractivity contribution in [2.75, 3.05) is 13.2 Å². The van der Waals surface area contributed by atoms with E-state index in [0.29, 0.717) is 21.6 Å². The van der Waals surface area contributed by atoms with Crippen LogP contribution in [0.25, 0.3) is 0 Å². The van der Waals surface area contributed by atoms with Crippen LogP contribution < -0.4 is 4.74 Å². The quantitative estimate of drug-likeness (QED) is 0.407. The number of aliphatic hydroxyl groups excluding tert-OH is 1. The largest absolute Gasteiger partial charge is 0.492 e. The monoisotopic (exact) mass is 434 g/mol. The SMILES string of the molecule is O=[N+]([O-])c1cn(CC(CO)COc2ccc(Br)nc2)c(Br)n1. The van der Waals surface area contributed by atoms with E-state index < -0.39 is 4.92 Å². The summed E-state index contributed by atoms with van der Waals surface area (Å²) >= 11 is 6.39. The van der Waals surface area contributed by atoms with E-state index in [1.807, 2.05) is 0 Å². The second kappa shape index (κ2) is 7.65. The predicted octanol–water partition coefficient (Wildman–Crippen LogP) is 2.40. The number of ether oxygens (including phenoxy) is 1. The van der Waals surface area contributed by atoms with Crippen molar-refractivity contribution in [1.29, 1.82) is 0 Å². The van der Waals surface area contributed by atoms with Crippen molar-refractivity contribution in [2.24, 2.45) is 5.92 Å². The second-order valence-corrected chi connectivity index (χ2v) is 5.98. The third-order valence-electron chi connectivity index (χ3n) is 2.80. The number of hydrogen-bond donors (Lipinski definition) is 1. The van der Waals surface area contributed by atoms with Gasteiger partial charge < -0.3 is 20.0 Å². The van der Waals surface area contributed by atoms with Gasteiger partial charge in [-0.15, -0.1) is 0 Å². The topological polar surface area (TPSA) is 103 Å². The van der Waals surface area contributed by atoms with Gasteiger partial charge in [0.25, 0.3) is 4.73 Å². The van der Waals surface area contributed by atoms with Gasteiger partial charge in [-0.05, 0) is 38.0 Å².